The summed E-state index contributed by atoms with van der Waals surface area (Å²) in [6.45, 7) is 4.89. The molecule has 0 aliphatic carbocycles. The van der Waals surface area contributed by atoms with Gasteiger partial charge in [-0.3, -0.25) is 9.59 Å². The SMILES string of the molecule is CCCCCCC(CC)c1c2n(c3cc(C=O)ccc13)CC(=O)Cc1ccccc1-2. The van der Waals surface area contributed by atoms with Crippen molar-refractivity contribution >= 4 is 23.0 Å². The first-order chi connectivity index (χ1) is 14.7. The molecular formula is C27H31NO2. The lowest BCUT2D eigenvalue weighted by atomic mass is 9.86. The molecule has 0 fully saturated rings. The number of unbranched alkanes of at least 4 members (excludes halogenated alkanes) is 3. The lowest BCUT2D eigenvalue weighted by Crippen LogP contribution is -2.10. The van der Waals surface area contributed by atoms with Gasteiger partial charge in [-0.05, 0) is 36.0 Å². The molecule has 1 aliphatic heterocycles. The summed E-state index contributed by atoms with van der Waals surface area (Å²) in [4.78, 5) is 24.3. The van der Waals surface area contributed by atoms with E-state index in [2.05, 4.69) is 42.7 Å². The molecule has 3 heteroatoms. The van der Waals surface area contributed by atoms with E-state index in [1.807, 2.05) is 18.2 Å². The number of aromatic nitrogens is 1. The number of fused-ring (bicyclic) bond motifs is 5. The fourth-order valence-electron chi connectivity index (χ4n) is 5.05. The van der Waals surface area contributed by atoms with Crippen molar-refractivity contribution < 1.29 is 9.59 Å². The third-order valence-electron chi connectivity index (χ3n) is 6.57. The van der Waals surface area contributed by atoms with Crippen LogP contribution < -0.4 is 0 Å². The first-order valence-corrected chi connectivity index (χ1v) is 11.4. The maximum atomic E-state index is 12.8. The zero-order valence-electron chi connectivity index (χ0n) is 18.1. The van der Waals surface area contributed by atoms with Gasteiger partial charge in [0.05, 0.1) is 12.2 Å². The standard InChI is InChI=1S/C27H31NO2/c1-3-5-6-7-10-20(4-2)26-24-14-13-19(18-29)15-25(24)28-17-22(30)16-21-11-8-9-12-23(21)27(26)28/h8-9,11-15,18,20H,3-7,10,16-17H2,1-2H3. The van der Waals surface area contributed by atoms with Crippen LogP contribution in [-0.2, 0) is 17.8 Å². The lowest BCUT2D eigenvalue weighted by Gasteiger charge is -2.19. The van der Waals surface area contributed by atoms with E-state index in [1.54, 1.807) is 0 Å². The summed E-state index contributed by atoms with van der Waals surface area (Å²) >= 11 is 0. The Morgan fingerprint density at radius 2 is 1.90 bits per heavy atom. The van der Waals surface area contributed by atoms with Gasteiger partial charge in [0.1, 0.15) is 6.29 Å². The largest absolute Gasteiger partial charge is 0.333 e. The van der Waals surface area contributed by atoms with Crippen LogP contribution in [0.2, 0.25) is 0 Å². The Morgan fingerprint density at radius 3 is 2.67 bits per heavy atom. The van der Waals surface area contributed by atoms with Crippen LogP contribution in [0.1, 0.15) is 79.8 Å². The Labute approximate surface area is 179 Å². The van der Waals surface area contributed by atoms with Crippen LogP contribution in [0.4, 0.5) is 0 Å². The molecule has 2 heterocycles. The highest BCUT2D eigenvalue weighted by Gasteiger charge is 2.28. The van der Waals surface area contributed by atoms with Crippen LogP contribution in [0.3, 0.4) is 0 Å². The van der Waals surface area contributed by atoms with Crippen molar-refractivity contribution in [2.75, 3.05) is 0 Å². The summed E-state index contributed by atoms with van der Waals surface area (Å²) in [5, 5.41) is 1.20. The zero-order chi connectivity index (χ0) is 21.1. The molecule has 1 aromatic heterocycles. The fraction of sp³-hybridized carbons (Fsp3) is 0.407. The number of aldehydes is 1. The van der Waals surface area contributed by atoms with Crippen LogP contribution in [0, 0.1) is 0 Å². The third kappa shape index (κ3) is 3.74. The Morgan fingerprint density at radius 1 is 1.07 bits per heavy atom. The molecule has 1 atom stereocenters. The second-order valence-electron chi connectivity index (χ2n) is 8.57. The summed E-state index contributed by atoms with van der Waals surface area (Å²) < 4.78 is 2.18. The van der Waals surface area contributed by atoms with E-state index in [0.717, 1.165) is 30.2 Å². The number of Topliss-reactive ketones (excluding diaryl/α,β-unsaturated/α-hetero) is 1. The van der Waals surface area contributed by atoms with Crippen LogP contribution in [0.5, 0.6) is 0 Å². The lowest BCUT2D eigenvalue weighted by molar-refractivity contribution is -0.118. The Balaban J connectivity index is 1.95. The monoisotopic (exact) mass is 401 g/mol. The van der Waals surface area contributed by atoms with E-state index >= 15 is 0 Å². The van der Waals surface area contributed by atoms with Gasteiger partial charge < -0.3 is 4.57 Å². The summed E-state index contributed by atoms with van der Waals surface area (Å²) in [5.74, 6) is 0.668. The molecule has 0 spiro atoms. The van der Waals surface area contributed by atoms with Crippen molar-refractivity contribution in [3.05, 3.63) is 59.2 Å². The average molecular weight is 402 g/mol. The van der Waals surface area contributed by atoms with Gasteiger partial charge in [-0.25, -0.2) is 0 Å². The third-order valence-corrected chi connectivity index (χ3v) is 6.57. The molecule has 4 rings (SSSR count). The Bertz CT molecular complexity index is 1080. The number of ketones is 1. The minimum Gasteiger partial charge on any atom is -0.333 e. The number of rotatable bonds is 8. The number of carbonyl (C=O) groups excluding carboxylic acids is 2. The maximum absolute atomic E-state index is 12.8. The molecule has 1 aliphatic rings. The van der Waals surface area contributed by atoms with Gasteiger partial charge in [0.25, 0.3) is 0 Å². The first kappa shape index (κ1) is 20.6. The molecule has 30 heavy (non-hydrogen) atoms. The van der Waals surface area contributed by atoms with Crippen molar-refractivity contribution in [1.82, 2.24) is 4.57 Å². The molecule has 0 amide bonds. The van der Waals surface area contributed by atoms with Gasteiger partial charge in [0.2, 0.25) is 0 Å². The van der Waals surface area contributed by atoms with Gasteiger partial charge in [-0.15, -0.1) is 0 Å². The Hall–Kier alpha value is -2.68. The molecule has 2 aromatic carbocycles. The summed E-state index contributed by atoms with van der Waals surface area (Å²) in [7, 11) is 0. The van der Waals surface area contributed by atoms with Gasteiger partial charge >= 0.3 is 0 Å². The van der Waals surface area contributed by atoms with Crippen LogP contribution in [0.15, 0.2) is 42.5 Å². The van der Waals surface area contributed by atoms with E-state index in [0.29, 0.717) is 24.4 Å². The highest BCUT2D eigenvalue weighted by molar-refractivity contribution is 5.99. The summed E-state index contributed by atoms with van der Waals surface area (Å²) in [5.41, 5.74) is 6.52. The quantitative estimate of drug-likeness (QED) is 0.311. The zero-order valence-corrected chi connectivity index (χ0v) is 18.1. The molecule has 1 unspecified atom stereocenters. The number of hydrogen-bond acceptors (Lipinski definition) is 2. The smallest absolute Gasteiger partial charge is 0.156 e. The highest BCUT2D eigenvalue weighted by atomic mass is 16.1. The molecule has 0 bridgehead atoms. The van der Waals surface area contributed by atoms with E-state index in [1.165, 1.54) is 47.9 Å². The Kier molecular flexibility index (Phi) is 6.17. The van der Waals surface area contributed by atoms with Crippen molar-refractivity contribution in [3.63, 3.8) is 0 Å². The molecule has 156 valence electrons. The number of carbonyl (C=O) groups is 2. The van der Waals surface area contributed by atoms with Gasteiger partial charge in [-0.1, -0.05) is 75.9 Å². The normalized spacial score (nSPS) is 14.3. The van der Waals surface area contributed by atoms with Crippen molar-refractivity contribution in [1.29, 1.82) is 0 Å². The highest BCUT2D eigenvalue weighted by Crippen LogP contribution is 2.44. The van der Waals surface area contributed by atoms with Crippen molar-refractivity contribution in [3.8, 4) is 11.3 Å². The van der Waals surface area contributed by atoms with E-state index in [-0.39, 0.29) is 5.78 Å². The minimum absolute atomic E-state index is 0.220. The maximum Gasteiger partial charge on any atom is 0.156 e. The van der Waals surface area contributed by atoms with Gasteiger partial charge in [-0.2, -0.15) is 0 Å². The van der Waals surface area contributed by atoms with Crippen molar-refractivity contribution in [2.24, 2.45) is 0 Å². The molecular weight excluding hydrogens is 370 g/mol. The van der Waals surface area contributed by atoms with Crippen LogP contribution in [-0.4, -0.2) is 16.6 Å². The average Bonchev–Trinajstić information content (AvgIpc) is 2.98. The summed E-state index contributed by atoms with van der Waals surface area (Å²) in [6.07, 6.45) is 8.62. The molecule has 3 aromatic rings. The molecule has 0 saturated heterocycles. The van der Waals surface area contributed by atoms with Crippen molar-refractivity contribution in [2.45, 2.75) is 71.3 Å². The van der Waals surface area contributed by atoms with E-state index < -0.39 is 0 Å². The van der Waals surface area contributed by atoms with Gasteiger partial charge in [0.15, 0.2) is 5.78 Å². The number of hydrogen-bond donors (Lipinski definition) is 0. The predicted molar refractivity (Wildman–Crippen MR) is 123 cm³/mol. The second-order valence-corrected chi connectivity index (χ2v) is 8.57. The summed E-state index contributed by atoms with van der Waals surface area (Å²) in [6, 6.07) is 14.3. The molecule has 0 saturated carbocycles. The molecule has 0 radical (unpaired) electrons. The van der Waals surface area contributed by atoms with Crippen LogP contribution >= 0.6 is 0 Å². The van der Waals surface area contributed by atoms with E-state index in [9.17, 15) is 9.59 Å². The topological polar surface area (TPSA) is 39.1 Å². The van der Waals surface area contributed by atoms with Crippen LogP contribution in [0.25, 0.3) is 22.2 Å². The first-order valence-electron chi connectivity index (χ1n) is 11.4. The molecule has 3 nitrogen and oxygen atoms in total. The number of benzene rings is 2. The predicted octanol–water partition coefficient (Wildman–Crippen LogP) is 6.71. The minimum atomic E-state index is 0.220. The van der Waals surface area contributed by atoms with E-state index in [4.69, 9.17) is 0 Å². The molecule has 0 N–H and O–H groups in total. The fourth-order valence-corrected chi connectivity index (χ4v) is 5.05. The second kappa shape index (κ2) is 8.99. The number of nitrogens with zero attached hydrogens (tertiary/aromatic N) is 1. The van der Waals surface area contributed by atoms with Gasteiger partial charge in [0, 0.05) is 28.5 Å².